The number of carbonyl (C=O) groups is 1. The quantitative estimate of drug-likeness (QED) is 0.781. The van der Waals surface area contributed by atoms with Crippen LogP contribution in [-0.2, 0) is 0 Å². The van der Waals surface area contributed by atoms with Gasteiger partial charge in [-0.1, -0.05) is 0 Å². The molecule has 142 valence electrons. The zero-order chi connectivity index (χ0) is 18.8. The highest BCUT2D eigenvalue weighted by Crippen LogP contribution is 2.40. The average Bonchev–Trinajstić information content (AvgIpc) is 3.20. The number of methoxy groups -OCH3 is 1. The Balaban J connectivity index is 1.30. The van der Waals surface area contributed by atoms with Crippen molar-refractivity contribution in [2.45, 2.75) is 18.9 Å². The van der Waals surface area contributed by atoms with Crippen molar-refractivity contribution >= 4 is 5.78 Å². The molecule has 2 fully saturated rings. The van der Waals surface area contributed by atoms with Crippen LogP contribution in [0.25, 0.3) is 0 Å². The lowest BCUT2D eigenvalue weighted by atomic mass is 10.0. The molecule has 4 rings (SSSR count). The minimum Gasteiger partial charge on any atom is -0.506 e. The molecule has 2 aliphatic rings. The second kappa shape index (κ2) is 7.52. The number of fused-ring (bicyclic) bond motifs is 1. The zero-order valence-electron chi connectivity index (χ0n) is 15.2. The van der Waals surface area contributed by atoms with Crippen molar-refractivity contribution in [1.29, 1.82) is 0 Å². The molecule has 0 radical (unpaired) electrons. The maximum atomic E-state index is 12.4. The van der Waals surface area contributed by atoms with E-state index in [0.717, 1.165) is 25.9 Å². The van der Waals surface area contributed by atoms with E-state index in [1.165, 1.54) is 12.3 Å². The van der Waals surface area contributed by atoms with Crippen LogP contribution in [0.5, 0.6) is 17.4 Å². The van der Waals surface area contributed by atoms with Gasteiger partial charge in [0.05, 0.1) is 26.0 Å². The third kappa shape index (κ3) is 3.88. The number of ether oxygens (including phenoxy) is 2. The largest absolute Gasteiger partial charge is 0.506 e. The Labute approximate surface area is 158 Å². The van der Waals surface area contributed by atoms with Gasteiger partial charge in [-0.2, -0.15) is 0 Å². The Morgan fingerprint density at radius 1 is 1.22 bits per heavy atom. The van der Waals surface area contributed by atoms with E-state index in [0.29, 0.717) is 35.7 Å². The summed E-state index contributed by atoms with van der Waals surface area (Å²) in [5.74, 6) is 2.34. The number of hydrogen-bond donors (Lipinski definition) is 1. The van der Waals surface area contributed by atoms with Gasteiger partial charge in [0.1, 0.15) is 11.4 Å². The smallest absolute Gasteiger partial charge is 0.256 e. The molecule has 7 heteroatoms. The molecule has 0 unspecified atom stereocenters. The number of carbonyl (C=O) groups excluding carboxylic acids is 1. The predicted octanol–water partition coefficient (Wildman–Crippen LogP) is 2.16. The van der Waals surface area contributed by atoms with Crippen LogP contribution in [0.1, 0.15) is 23.3 Å². The summed E-state index contributed by atoms with van der Waals surface area (Å²) in [6, 6.07) is 6.79. The normalized spacial score (nSPS) is 24.6. The second-order valence-corrected chi connectivity index (χ2v) is 7.26. The van der Waals surface area contributed by atoms with Crippen LogP contribution >= 0.6 is 0 Å². The van der Waals surface area contributed by atoms with Crippen LogP contribution in [0.2, 0.25) is 0 Å². The lowest BCUT2D eigenvalue weighted by Gasteiger charge is -2.19. The van der Waals surface area contributed by atoms with E-state index in [4.69, 9.17) is 9.47 Å². The highest BCUT2D eigenvalue weighted by Gasteiger charge is 2.42. The molecule has 7 nitrogen and oxygen atoms in total. The first-order chi connectivity index (χ1) is 13.1. The van der Waals surface area contributed by atoms with Crippen molar-refractivity contribution in [2.24, 2.45) is 11.8 Å². The molecule has 0 aromatic carbocycles. The number of hydrogen-bond acceptors (Lipinski definition) is 7. The number of nitrogens with zero attached hydrogens (tertiary/aromatic N) is 3. The van der Waals surface area contributed by atoms with Gasteiger partial charge in [-0.3, -0.25) is 9.69 Å². The third-order valence-corrected chi connectivity index (χ3v) is 5.41. The molecule has 1 saturated carbocycles. The van der Waals surface area contributed by atoms with Crippen molar-refractivity contribution < 1.29 is 19.4 Å². The van der Waals surface area contributed by atoms with Crippen LogP contribution < -0.4 is 9.47 Å². The monoisotopic (exact) mass is 369 g/mol. The molecule has 27 heavy (non-hydrogen) atoms. The number of pyridine rings is 2. The Morgan fingerprint density at radius 2 is 2.00 bits per heavy atom. The molecule has 0 spiro atoms. The van der Waals surface area contributed by atoms with E-state index in [1.807, 2.05) is 12.1 Å². The lowest BCUT2D eigenvalue weighted by molar-refractivity contribution is 0.0931. The molecule has 0 bridgehead atoms. The molecule has 1 aliphatic heterocycles. The SMILES string of the molecule is COc1ncccc1O[C@H]1C[C@@H]2CN(CC(=O)c3ccc(O)cn3)C[C@@H]2C1. The first-order valence-electron chi connectivity index (χ1n) is 9.18. The molecule has 1 saturated heterocycles. The summed E-state index contributed by atoms with van der Waals surface area (Å²) in [5, 5.41) is 9.29. The van der Waals surface area contributed by atoms with Crippen molar-refractivity contribution in [1.82, 2.24) is 14.9 Å². The van der Waals surface area contributed by atoms with Gasteiger partial charge in [0.25, 0.3) is 5.88 Å². The number of rotatable bonds is 6. The van der Waals surface area contributed by atoms with Crippen molar-refractivity contribution in [3.63, 3.8) is 0 Å². The Kier molecular flexibility index (Phi) is 4.94. The maximum absolute atomic E-state index is 12.4. The van der Waals surface area contributed by atoms with Gasteiger partial charge in [0, 0.05) is 19.3 Å². The van der Waals surface area contributed by atoms with Gasteiger partial charge >= 0.3 is 0 Å². The third-order valence-electron chi connectivity index (χ3n) is 5.41. The summed E-state index contributed by atoms with van der Waals surface area (Å²) in [7, 11) is 1.59. The summed E-state index contributed by atoms with van der Waals surface area (Å²) >= 11 is 0. The highest BCUT2D eigenvalue weighted by molar-refractivity contribution is 5.95. The Morgan fingerprint density at radius 3 is 2.67 bits per heavy atom. The fourth-order valence-corrected chi connectivity index (χ4v) is 4.20. The van der Waals surface area contributed by atoms with Gasteiger partial charge in [0.15, 0.2) is 11.5 Å². The number of aromatic hydroxyl groups is 1. The standard InChI is InChI=1S/C20H23N3O4/c1-26-20-19(3-2-6-21-20)27-16-7-13-10-23(11-14(13)8-16)12-18(25)17-5-4-15(24)9-22-17/h2-6,9,13-14,16,24H,7-8,10-12H2,1H3/t13-,14+,16+. The van der Waals surface area contributed by atoms with E-state index >= 15 is 0 Å². The summed E-state index contributed by atoms with van der Waals surface area (Å²) in [6.07, 6.45) is 5.11. The average molecular weight is 369 g/mol. The summed E-state index contributed by atoms with van der Waals surface area (Å²) in [6.45, 7) is 2.17. The van der Waals surface area contributed by atoms with Crippen LogP contribution in [0.15, 0.2) is 36.7 Å². The summed E-state index contributed by atoms with van der Waals surface area (Å²) in [5.41, 5.74) is 0.398. The fourth-order valence-electron chi connectivity index (χ4n) is 4.20. The Bertz CT molecular complexity index is 797. The zero-order valence-corrected chi connectivity index (χ0v) is 15.2. The highest BCUT2D eigenvalue weighted by atomic mass is 16.5. The van der Waals surface area contributed by atoms with Gasteiger partial charge in [-0.05, 0) is 48.9 Å². The fraction of sp³-hybridized carbons (Fsp3) is 0.450. The number of Topliss-reactive ketones (excluding diaryl/α,β-unsaturated/α-hetero) is 1. The Hall–Kier alpha value is -2.67. The number of likely N-dealkylation sites (tertiary alicyclic amines) is 1. The summed E-state index contributed by atoms with van der Waals surface area (Å²) < 4.78 is 11.4. The van der Waals surface area contributed by atoms with Gasteiger partial charge in [-0.25, -0.2) is 9.97 Å². The van der Waals surface area contributed by atoms with E-state index < -0.39 is 0 Å². The van der Waals surface area contributed by atoms with Gasteiger partial charge in [0.2, 0.25) is 0 Å². The second-order valence-electron chi connectivity index (χ2n) is 7.26. The number of ketones is 1. The number of aromatic nitrogens is 2. The van der Waals surface area contributed by atoms with Crippen molar-refractivity contribution in [3.05, 3.63) is 42.4 Å². The van der Waals surface area contributed by atoms with E-state index in [9.17, 15) is 9.90 Å². The molecular weight excluding hydrogens is 346 g/mol. The van der Waals surface area contributed by atoms with Crippen LogP contribution in [0.3, 0.4) is 0 Å². The van der Waals surface area contributed by atoms with Gasteiger partial charge < -0.3 is 14.6 Å². The van der Waals surface area contributed by atoms with Crippen molar-refractivity contribution in [3.8, 4) is 17.4 Å². The predicted molar refractivity (Wildman–Crippen MR) is 98.1 cm³/mol. The lowest BCUT2D eigenvalue weighted by Crippen LogP contribution is -2.30. The molecule has 3 atom stereocenters. The minimum absolute atomic E-state index is 0.0112. The molecule has 1 N–H and O–H groups in total. The van der Waals surface area contributed by atoms with Crippen LogP contribution in [-0.4, -0.2) is 58.6 Å². The van der Waals surface area contributed by atoms with E-state index in [1.54, 1.807) is 19.4 Å². The van der Waals surface area contributed by atoms with Gasteiger partial charge in [-0.15, -0.1) is 0 Å². The molecule has 1 aliphatic carbocycles. The molecule has 2 aromatic heterocycles. The first kappa shape index (κ1) is 17.7. The maximum Gasteiger partial charge on any atom is 0.256 e. The van der Waals surface area contributed by atoms with E-state index in [2.05, 4.69) is 14.9 Å². The van der Waals surface area contributed by atoms with Crippen LogP contribution in [0.4, 0.5) is 0 Å². The molecular formula is C20H23N3O4. The topological polar surface area (TPSA) is 84.8 Å². The summed E-state index contributed by atoms with van der Waals surface area (Å²) in [4.78, 5) is 22.8. The molecule has 0 amide bonds. The molecule has 3 heterocycles. The molecule has 2 aromatic rings. The minimum atomic E-state index is -0.0112. The van der Waals surface area contributed by atoms with Crippen LogP contribution in [0, 0.1) is 11.8 Å². The van der Waals surface area contributed by atoms with E-state index in [-0.39, 0.29) is 17.6 Å². The van der Waals surface area contributed by atoms with Crippen molar-refractivity contribution in [2.75, 3.05) is 26.7 Å². The first-order valence-corrected chi connectivity index (χ1v) is 9.18.